The van der Waals surface area contributed by atoms with Gasteiger partial charge in [0.2, 0.25) is 0 Å². The standard InChI is InChI=1S/C20H23NO3S/c1-4-5-6-9-18-10-7-8-11-20(18)21(16-24-3)25(22,23)19-14-12-17(2)13-15-19/h7-8,10-15H,4-5,16H2,1-3H3. The first-order valence-electron chi connectivity index (χ1n) is 8.17. The highest BCUT2D eigenvalue weighted by atomic mass is 32.2. The topological polar surface area (TPSA) is 46.6 Å². The van der Waals surface area contributed by atoms with Gasteiger partial charge in [-0.3, -0.25) is 0 Å². The lowest BCUT2D eigenvalue weighted by atomic mass is 10.1. The zero-order valence-electron chi connectivity index (χ0n) is 14.8. The molecular formula is C20H23NO3S. The van der Waals surface area contributed by atoms with Crippen LogP contribution in [0.1, 0.15) is 30.9 Å². The maximum atomic E-state index is 13.1. The van der Waals surface area contributed by atoms with Gasteiger partial charge in [0.05, 0.1) is 10.6 Å². The number of hydrogen-bond acceptors (Lipinski definition) is 3. The average molecular weight is 357 g/mol. The molecule has 25 heavy (non-hydrogen) atoms. The van der Waals surface area contributed by atoms with Crippen LogP contribution >= 0.6 is 0 Å². The van der Waals surface area contributed by atoms with Crippen molar-refractivity contribution in [1.29, 1.82) is 0 Å². The van der Waals surface area contributed by atoms with E-state index in [0.29, 0.717) is 11.3 Å². The van der Waals surface area contributed by atoms with Crippen molar-refractivity contribution >= 4 is 15.7 Å². The summed E-state index contributed by atoms with van der Waals surface area (Å²) in [5, 5.41) is 0. The molecule has 2 aromatic carbocycles. The Balaban J connectivity index is 2.52. The van der Waals surface area contributed by atoms with Crippen molar-refractivity contribution in [2.45, 2.75) is 31.6 Å². The minimum absolute atomic E-state index is 0.0807. The molecule has 0 radical (unpaired) electrons. The molecule has 0 saturated heterocycles. The average Bonchev–Trinajstić information content (AvgIpc) is 2.61. The molecule has 0 unspecified atom stereocenters. The number of benzene rings is 2. The molecule has 0 aliphatic carbocycles. The molecule has 2 aromatic rings. The van der Waals surface area contributed by atoms with Crippen molar-refractivity contribution in [3.8, 4) is 11.8 Å². The van der Waals surface area contributed by atoms with Crippen molar-refractivity contribution in [3.05, 3.63) is 59.7 Å². The Morgan fingerprint density at radius 1 is 1.08 bits per heavy atom. The SMILES string of the molecule is CCCC#Cc1ccccc1N(COC)S(=O)(=O)c1ccc(C)cc1. The van der Waals surface area contributed by atoms with E-state index >= 15 is 0 Å². The summed E-state index contributed by atoms with van der Waals surface area (Å²) in [4.78, 5) is 0.228. The van der Waals surface area contributed by atoms with Gasteiger partial charge in [0.1, 0.15) is 6.73 Å². The van der Waals surface area contributed by atoms with E-state index in [1.165, 1.54) is 11.4 Å². The third kappa shape index (κ3) is 4.62. The Labute approximate surface area is 150 Å². The van der Waals surface area contributed by atoms with E-state index in [0.717, 1.165) is 18.4 Å². The maximum absolute atomic E-state index is 13.1. The first-order valence-corrected chi connectivity index (χ1v) is 9.61. The van der Waals surface area contributed by atoms with Crippen LogP contribution in [0.3, 0.4) is 0 Å². The van der Waals surface area contributed by atoms with Gasteiger partial charge in [-0.1, -0.05) is 48.6 Å². The van der Waals surface area contributed by atoms with Crippen LogP contribution in [-0.2, 0) is 14.8 Å². The quantitative estimate of drug-likeness (QED) is 0.581. The molecule has 0 atom stereocenters. The lowest BCUT2D eigenvalue weighted by molar-refractivity contribution is 0.209. The Morgan fingerprint density at radius 3 is 2.40 bits per heavy atom. The van der Waals surface area contributed by atoms with Gasteiger partial charge < -0.3 is 4.74 Å². The molecular weight excluding hydrogens is 334 g/mol. The number of para-hydroxylation sites is 1. The van der Waals surface area contributed by atoms with Crippen LogP contribution in [0.15, 0.2) is 53.4 Å². The van der Waals surface area contributed by atoms with E-state index in [9.17, 15) is 8.42 Å². The smallest absolute Gasteiger partial charge is 0.266 e. The van der Waals surface area contributed by atoms with Crippen molar-refractivity contribution < 1.29 is 13.2 Å². The Hall–Kier alpha value is -2.29. The van der Waals surface area contributed by atoms with E-state index in [1.807, 2.05) is 19.1 Å². The van der Waals surface area contributed by atoms with Crippen LogP contribution in [0.25, 0.3) is 0 Å². The fourth-order valence-corrected chi connectivity index (χ4v) is 3.70. The van der Waals surface area contributed by atoms with E-state index < -0.39 is 10.0 Å². The molecule has 0 aliphatic rings. The van der Waals surface area contributed by atoms with Gasteiger partial charge >= 0.3 is 0 Å². The number of aryl methyl sites for hydroxylation is 1. The highest BCUT2D eigenvalue weighted by Crippen LogP contribution is 2.27. The minimum Gasteiger partial charge on any atom is -0.363 e. The molecule has 0 amide bonds. The number of methoxy groups -OCH3 is 1. The summed E-state index contributed by atoms with van der Waals surface area (Å²) in [5.41, 5.74) is 2.19. The largest absolute Gasteiger partial charge is 0.363 e. The number of hydrogen-bond donors (Lipinski definition) is 0. The van der Waals surface area contributed by atoms with Gasteiger partial charge in [-0.05, 0) is 37.6 Å². The number of unbranched alkanes of at least 4 members (excludes halogenated alkanes) is 1. The van der Waals surface area contributed by atoms with Crippen LogP contribution in [0, 0.1) is 18.8 Å². The molecule has 2 rings (SSSR count). The number of anilines is 1. The van der Waals surface area contributed by atoms with Crippen LogP contribution in [-0.4, -0.2) is 22.3 Å². The van der Waals surface area contributed by atoms with Crippen molar-refractivity contribution in [3.63, 3.8) is 0 Å². The van der Waals surface area contributed by atoms with Gasteiger partial charge in [-0.2, -0.15) is 0 Å². The highest BCUT2D eigenvalue weighted by molar-refractivity contribution is 7.92. The van der Waals surface area contributed by atoms with Crippen LogP contribution in [0.4, 0.5) is 5.69 Å². The normalized spacial score (nSPS) is 10.8. The molecule has 0 fully saturated rings. The van der Waals surface area contributed by atoms with Gasteiger partial charge in [0.15, 0.2) is 0 Å². The fourth-order valence-electron chi connectivity index (χ4n) is 2.30. The Morgan fingerprint density at radius 2 is 1.76 bits per heavy atom. The molecule has 0 N–H and O–H groups in total. The summed E-state index contributed by atoms with van der Waals surface area (Å²) in [7, 11) is -2.27. The minimum atomic E-state index is -3.75. The second kappa shape index (κ2) is 8.70. The predicted molar refractivity (Wildman–Crippen MR) is 101 cm³/mol. The summed E-state index contributed by atoms with van der Waals surface area (Å²) in [5.74, 6) is 6.15. The third-order valence-electron chi connectivity index (χ3n) is 3.63. The van der Waals surface area contributed by atoms with E-state index in [2.05, 4.69) is 18.8 Å². The van der Waals surface area contributed by atoms with Gasteiger partial charge in [-0.25, -0.2) is 12.7 Å². The van der Waals surface area contributed by atoms with Crippen molar-refractivity contribution in [1.82, 2.24) is 0 Å². The van der Waals surface area contributed by atoms with E-state index in [-0.39, 0.29) is 11.6 Å². The highest BCUT2D eigenvalue weighted by Gasteiger charge is 2.26. The molecule has 4 nitrogen and oxygen atoms in total. The lowest BCUT2D eigenvalue weighted by Crippen LogP contribution is -2.33. The van der Waals surface area contributed by atoms with E-state index in [1.54, 1.807) is 36.4 Å². The van der Waals surface area contributed by atoms with Gasteiger partial charge in [-0.15, -0.1) is 0 Å². The predicted octanol–water partition coefficient (Wildman–Crippen LogP) is 3.95. The van der Waals surface area contributed by atoms with Gasteiger partial charge in [0, 0.05) is 19.1 Å². The summed E-state index contributed by atoms with van der Waals surface area (Å²) in [6, 6.07) is 14.0. The van der Waals surface area contributed by atoms with Crippen molar-refractivity contribution in [2.75, 3.05) is 18.1 Å². The first kappa shape index (κ1) is 19.0. The number of rotatable bonds is 6. The second-order valence-electron chi connectivity index (χ2n) is 5.65. The molecule has 132 valence electrons. The zero-order valence-corrected chi connectivity index (χ0v) is 15.6. The maximum Gasteiger partial charge on any atom is 0.266 e. The lowest BCUT2D eigenvalue weighted by Gasteiger charge is -2.24. The summed E-state index contributed by atoms with van der Waals surface area (Å²) in [6.45, 7) is 3.89. The van der Waals surface area contributed by atoms with Crippen LogP contribution in [0.5, 0.6) is 0 Å². The van der Waals surface area contributed by atoms with E-state index in [4.69, 9.17) is 4.74 Å². The second-order valence-corrected chi connectivity index (χ2v) is 7.52. The molecule has 0 bridgehead atoms. The third-order valence-corrected chi connectivity index (χ3v) is 5.38. The molecule has 0 aromatic heterocycles. The Kier molecular flexibility index (Phi) is 6.63. The Bertz CT molecular complexity index is 862. The zero-order chi connectivity index (χ0) is 18.3. The first-order chi connectivity index (χ1) is 12.0. The van der Waals surface area contributed by atoms with Crippen molar-refractivity contribution in [2.24, 2.45) is 0 Å². The summed E-state index contributed by atoms with van der Waals surface area (Å²) in [6.07, 6.45) is 1.72. The van der Waals surface area contributed by atoms with Crippen LogP contribution < -0.4 is 4.31 Å². The fraction of sp³-hybridized carbons (Fsp3) is 0.300. The molecule has 0 saturated carbocycles. The summed E-state index contributed by atoms with van der Waals surface area (Å²) < 4.78 is 32.7. The number of ether oxygens (including phenoxy) is 1. The monoisotopic (exact) mass is 357 g/mol. The summed E-state index contributed by atoms with van der Waals surface area (Å²) >= 11 is 0. The number of nitrogens with zero attached hydrogens (tertiary/aromatic N) is 1. The molecule has 0 heterocycles. The molecule has 5 heteroatoms. The number of sulfonamides is 1. The van der Waals surface area contributed by atoms with Gasteiger partial charge in [0.25, 0.3) is 10.0 Å². The molecule has 0 aliphatic heterocycles. The van der Waals surface area contributed by atoms with Crippen LogP contribution in [0.2, 0.25) is 0 Å². The molecule has 0 spiro atoms.